The number of rotatable bonds is 6. The fourth-order valence-corrected chi connectivity index (χ4v) is 2.33. The summed E-state index contributed by atoms with van der Waals surface area (Å²) in [6, 6.07) is 10.6. The number of benzene rings is 2. The van der Waals surface area contributed by atoms with Gasteiger partial charge in [0.1, 0.15) is 5.82 Å². The van der Waals surface area contributed by atoms with Gasteiger partial charge in [-0.15, -0.1) is 24.0 Å². The monoisotopic (exact) mass is 473 g/mol. The number of ether oxygens (including phenoxy) is 2. The van der Waals surface area contributed by atoms with E-state index in [1.807, 2.05) is 25.1 Å². The summed E-state index contributed by atoms with van der Waals surface area (Å²) in [6.45, 7) is 4.91. The first kappa shape index (κ1) is 22.0. The van der Waals surface area contributed by atoms with Crippen LogP contribution < -0.4 is 20.1 Å². The van der Waals surface area contributed by atoms with E-state index < -0.39 is 0 Å². The zero-order valence-electron chi connectivity index (χ0n) is 15.4. The number of halogens is 2. The summed E-state index contributed by atoms with van der Waals surface area (Å²) >= 11 is 0. The van der Waals surface area contributed by atoms with Crippen LogP contribution in [0.3, 0.4) is 0 Å². The van der Waals surface area contributed by atoms with Gasteiger partial charge in [0, 0.05) is 18.3 Å². The molecule has 0 aliphatic rings. The van der Waals surface area contributed by atoms with E-state index in [0.717, 1.165) is 17.8 Å². The van der Waals surface area contributed by atoms with Crippen LogP contribution in [0.4, 0.5) is 10.1 Å². The first-order chi connectivity index (χ1) is 12.1. The van der Waals surface area contributed by atoms with Crippen LogP contribution in [0.2, 0.25) is 0 Å². The van der Waals surface area contributed by atoms with Crippen molar-refractivity contribution in [3.8, 4) is 11.5 Å². The summed E-state index contributed by atoms with van der Waals surface area (Å²) in [5.74, 6) is 1.73. The maximum absolute atomic E-state index is 13.4. The van der Waals surface area contributed by atoms with Gasteiger partial charge in [0.2, 0.25) is 0 Å². The molecule has 0 aliphatic heterocycles. The van der Waals surface area contributed by atoms with Crippen molar-refractivity contribution in [2.24, 2.45) is 4.99 Å². The Kier molecular flexibility index (Phi) is 9.18. The van der Waals surface area contributed by atoms with Gasteiger partial charge in [0.05, 0.1) is 20.8 Å². The molecule has 2 N–H and O–H groups in total. The lowest BCUT2D eigenvalue weighted by Crippen LogP contribution is -2.30. The maximum Gasteiger partial charge on any atom is 0.196 e. The van der Waals surface area contributed by atoms with Crippen molar-refractivity contribution in [1.82, 2.24) is 5.32 Å². The fraction of sp³-hybridized carbons (Fsp3) is 0.316. The van der Waals surface area contributed by atoms with Gasteiger partial charge in [0.15, 0.2) is 17.5 Å². The van der Waals surface area contributed by atoms with Crippen LogP contribution in [-0.2, 0) is 6.54 Å². The summed E-state index contributed by atoms with van der Waals surface area (Å²) in [6.07, 6.45) is 0. The lowest BCUT2D eigenvalue weighted by Gasteiger charge is -2.14. The highest BCUT2D eigenvalue weighted by molar-refractivity contribution is 14.0. The highest BCUT2D eigenvalue weighted by Gasteiger charge is 2.06. The van der Waals surface area contributed by atoms with Crippen LogP contribution in [0.15, 0.2) is 41.4 Å². The Bertz CT molecular complexity index is 754. The summed E-state index contributed by atoms with van der Waals surface area (Å²) < 4.78 is 23.9. The molecule has 5 nitrogen and oxygen atoms in total. The number of methoxy groups -OCH3 is 2. The molecule has 2 rings (SSSR count). The van der Waals surface area contributed by atoms with Gasteiger partial charge in [-0.25, -0.2) is 9.38 Å². The van der Waals surface area contributed by atoms with E-state index in [1.54, 1.807) is 33.3 Å². The molecule has 0 saturated carbocycles. The quantitative estimate of drug-likeness (QED) is 0.372. The van der Waals surface area contributed by atoms with Crippen LogP contribution in [0.25, 0.3) is 0 Å². The Morgan fingerprint density at radius 1 is 1.08 bits per heavy atom. The SMILES string of the molecule is CCNC(=NCc1ccc(F)c(C)c1)Nc1ccc(OC)c(OC)c1.I. The van der Waals surface area contributed by atoms with E-state index in [2.05, 4.69) is 15.6 Å². The third-order valence-electron chi connectivity index (χ3n) is 3.63. The van der Waals surface area contributed by atoms with Gasteiger partial charge in [-0.05, 0) is 43.2 Å². The number of nitrogens with one attached hydrogen (secondary N) is 2. The van der Waals surface area contributed by atoms with Gasteiger partial charge in [-0.3, -0.25) is 0 Å². The Balaban J connectivity index is 0.00000338. The van der Waals surface area contributed by atoms with Crippen molar-refractivity contribution in [3.05, 3.63) is 53.3 Å². The zero-order chi connectivity index (χ0) is 18.2. The average molecular weight is 473 g/mol. The van der Waals surface area contributed by atoms with Crippen molar-refractivity contribution in [2.45, 2.75) is 20.4 Å². The summed E-state index contributed by atoms with van der Waals surface area (Å²) in [5.41, 5.74) is 2.39. The molecule has 0 aromatic heterocycles. The van der Waals surface area contributed by atoms with Crippen LogP contribution in [-0.4, -0.2) is 26.7 Å². The highest BCUT2D eigenvalue weighted by atomic mass is 127. The molecule has 0 fully saturated rings. The number of anilines is 1. The average Bonchev–Trinajstić information content (AvgIpc) is 2.62. The van der Waals surface area contributed by atoms with E-state index in [-0.39, 0.29) is 29.8 Å². The normalized spacial score (nSPS) is 10.7. The largest absolute Gasteiger partial charge is 0.493 e. The molecule has 142 valence electrons. The minimum absolute atomic E-state index is 0. The molecule has 0 aliphatic carbocycles. The van der Waals surface area contributed by atoms with E-state index in [1.165, 1.54) is 6.07 Å². The Hall–Kier alpha value is -2.03. The number of hydrogen-bond acceptors (Lipinski definition) is 3. The Morgan fingerprint density at radius 2 is 1.81 bits per heavy atom. The Morgan fingerprint density at radius 3 is 2.42 bits per heavy atom. The van der Waals surface area contributed by atoms with E-state index >= 15 is 0 Å². The van der Waals surface area contributed by atoms with Gasteiger partial charge in [-0.1, -0.05) is 12.1 Å². The van der Waals surface area contributed by atoms with Gasteiger partial charge in [-0.2, -0.15) is 0 Å². The van der Waals surface area contributed by atoms with Crippen molar-refractivity contribution >= 4 is 35.6 Å². The number of guanidine groups is 1. The minimum atomic E-state index is -0.205. The molecule has 0 amide bonds. The fourth-order valence-electron chi connectivity index (χ4n) is 2.33. The van der Waals surface area contributed by atoms with E-state index in [4.69, 9.17) is 9.47 Å². The molecule has 0 atom stereocenters. The van der Waals surface area contributed by atoms with Crippen LogP contribution in [0.1, 0.15) is 18.1 Å². The second-order valence-electron chi connectivity index (χ2n) is 5.47. The molecule has 0 unspecified atom stereocenters. The standard InChI is InChI=1S/C19H24FN3O2.HI/c1-5-21-19(22-12-14-6-8-16(20)13(2)10-14)23-15-7-9-17(24-3)18(11-15)25-4;/h6-11H,5,12H2,1-4H3,(H2,21,22,23);1H. The number of aliphatic imine (C=N–C) groups is 1. The van der Waals surface area contributed by atoms with Gasteiger partial charge in [0.25, 0.3) is 0 Å². The predicted molar refractivity (Wildman–Crippen MR) is 115 cm³/mol. The predicted octanol–water partition coefficient (Wildman–Crippen LogP) is 4.35. The lowest BCUT2D eigenvalue weighted by atomic mass is 10.1. The summed E-state index contributed by atoms with van der Waals surface area (Å²) in [5, 5.41) is 6.42. The molecular formula is C19H25FIN3O2. The molecule has 0 radical (unpaired) electrons. The third kappa shape index (κ3) is 6.05. The third-order valence-corrected chi connectivity index (χ3v) is 3.63. The van der Waals surface area contributed by atoms with Crippen molar-refractivity contribution < 1.29 is 13.9 Å². The maximum atomic E-state index is 13.4. The lowest BCUT2D eigenvalue weighted by molar-refractivity contribution is 0.355. The highest BCUT2D eigenvalue weighted by Crippen LogP contribution is 2.29. The Labute approximate surface area is 171 Å². The van der Waals surface area contributed by atoms with E-state index in [0.29, 0.717) is 29.6 Å². The van der Waals surface area contributed by atoms with E-state index in [9.17, 15) is 4.39 Å². The molecule has 2 aromatic rings. The molecule has 0 bridgehead atoms. The molecule has 0 heterocycles. The molecule has 2 aromatic carbocycles. The van der Waals surface area contributed by atoms with Crippen LogP contribution in [0, 0.1) is 12.7 Å². The number of aryl methyl sites for hydroxylation is 1. The number of nitrogens with zero attached hydrogens (tertiary/aromatic N) is 1. The summed E-state index contributed by atoms with van der Waals surface area (Å²) in [7, 11) is 3.19. The first-order valence-corrected chi connectivity index (χ1v) is 8.09. The summed E-state index contributed by atoms with van der Waals surface area (Å²) in [4.78, 5) is 4.55. The minimum Gasteiger partial charge on any atom is -0.493 e. The van der Waals surface area contributed by atoms with Gasteiger partial charge >= 0.3 is 0 Å². The molecular weight excluding hydrogens is 448 g/mol. The van der Waals surface area contributed by atoms with Crippen LogP contribution in [0.5, 0.6) is 11.5 Å². The van der Waals surface area contributed by atoms with Crippen LogP contribution >= 0.6 is 24.0 Å². The second-order valence-corrected chi connectivity index (χ2v) is 5.47. The van der Waals surface area contributed by atoms with Crippen molar-refractivity contribution in [1.29, 1.82) is 0 Å². The first-order valence-electron chi connectivity index (χ1n) is 8.09. The zero-order valence-corrected chi connectivity index (χ0v) is 17.8. The molecule has 7 heteroatoms. The van der Waals surface area contributed by atoms with Crippen molar-refractivity contribution in [2.75, 3.05) is 26.1 Å². The molecule has 0 saturated heterocycles. The molecule has 26 heavy (non-hydrogen) atoms. The second kappa shape index (κ2) is 10.8. The molecule has 0 spiro atoms. The van der Waals surface area contributed by atoms with Gasteiger partial charge < -0.3 is 20.1 Å². The number of hydrogen-bond donors (Lipinski definition) is 2. The topological polar surface area (TPSA) is 54.9 Å². The van der Waals surface area contributed by atoms with Crippen molar-refractivity contribution in [3.63, 3.8) is 0 Å². The smallest absolute Gasteiger partial charge is 0.196 e.